The zero-order valence-corrected chi connectivity index (χ0v) is 7.35. The lowest BCUT2D eigenvalue weighted by molar-refractivity contribution is -0.139. The zero-order valence-electron chi connectivity index (χ0n) is 7.35. The molecule has 0 amide bonds. The number of benzene rings is 1. The first-order valence-corrected chi connectivity index (χ1v) is 4.02. The molecule has 0 aliphatic carbocycles. The van der Waals surface area contributed by atoms with Gasteiger partial charge in [-0.15, -0.1) is 0 Å². The molecule has 0 saturated heterocycles. The van der Waals surface area contributed by atoms with E-state index >= 15 is 0 Å². The van der Waals surface area contributed by atoms with E-state index in [-0.39, 0.29) is 0 Å². The normalized spacial score (nSPS) is 14.8. The molecule has 14 heavy (non-hydrogen) atoms. The van der Waals surface area contributed by atoms with Crippen LogP contribution in [0, 0.1) is 5.82 Å². The predicted molar refractivity (Wildman–Crippen MR) is 48.9 cm³/mol. The monoisotopic (exact) mass is 198 g/mol. The quantitative estimate of drug-likeness (QED) is 0.648. The third-order valence-electron chi connectivity index (χ3n) is 1.91. The standard InChI is InChI=1S/C9H11FN2O2/c10-6-3-1-2-5(4-6)7(11)8(12)9(13)14/h1-4,7-8H,11-12H2,(H,13,14). The first-order valence-electron chi connectivity index (χ1n) is 4.02. The number of carboxylic acids is 1. The van der Waals surface area contributed by atoms with E-state index in [1.54, 1.807) is 0 Å². The highest BCUT2D eigenvalue weighted by Crippen LogP contribution is 2.14. The van der Waals surface area contributed by atoms with Crippen LogP contribution in [0.2, 0.25) is 0 Å². The summed E-state index contributed by atoms with van der Waals surface area (Å²) in [4.78, 5) is 10.5. The van der Waals surface area contributed by atoms with Gasteiger partial charge >= 0.3 is 5.97 Å². The Morgan fingerprint density at radius 1 is 1.43 bits per heavy atom. The summed E-state index contributed by atoms with van der Waals surface area (Å²) in [5.74, 6) is -1.67. The number of aliphatic carboxylic acids is 1. The summed E-state index contributed by atoms with van der Waals surface area (Å²) in [5.41, 5.74) is 11.2. The number of carbonyl (C=O) groups is 1. The second-order valence-electron chi connectivity index (χ2n) is 2.94. The average molecular weight is 198 g/mol. The Morgan fingerprint density at radius 2 is 2.07 bits per heavy atom. The van der Waals surface area contributed by atoms with Gasteiger partial charge in [0.05, 0.1) is 6.04 Å². The smallest absolute Gasteiger partial charge is 0.322 e. The molecule has 5 N–H and O–H groups in total. The maximum absolute atomic E-state index is 12.7. The molecule has 1 rings (SSSR count). The van der Waals surface area contributed by atoms with Gasteiger partial charge in [-0.05, 0) is 17.7 Å². The molecule has 0 heterocycles. The largest absolute Gasteiger partial charge is 0.480 e. The minimum Gasteiger partial charge on any atom is -0.480 e. The summed E-state index contributed by atoms with van der Waals surface area (Å²) in [7, 11) is 0. The van der Waals surface area contributed by atoms with Crippen molar-refractivity contribution in [2.45, 2.75) is 12.1 Å². The van der Waals surface area contributed by atoms with Crippen molar-refractivity contribution in [2.24, 2.45) is 11.5 Å². The van der Waals surface area contributed by atoms with Crippen molar-refractivity contribution < 1.29 is 14.3 Å². The third-order valence-corrected chi connectivity index (χ3v) is 1.91. The minimum atomic E-state index is -1.23. The van der Waals surface area contributed by atoms with Crippen molar-refractivity contribution in [1.29, 1.82) is 0 Å². The van der Waals surface area contributed by atoms with Gasteiger partial charge in [-0.3, -0.25) is 4.79 Å². The Labute approximate surface area is 80.3 Å². The number of halogens is 1. The van der Waals surface area contributed by atoms with Gasteiger partial charge in [-0.1, -0.05) is 12.1 Å². The lowest BCUT2D eigenvalue weighted by atomic mass is 10.0. The van der Waals surface area contributed by atoms with Gasteiger partial charge in [-0.25, -0.2) is 4.39 Å². The molecule has 1 aromatic carbocycles. The van der Waals surface area contributed by atoms with E-state index in [0.717, 1.165) is 0 Å². The molecule has 2 unspecified atom stereocenters. The van der Waals surface area contributed by atoms with E-state index in [4.69, 9.17) is 16.6 Å². The van der Waals surface area contributed by atoms with Crippen molar-refractivity contribution >= 4 is 5.97 Å². The van der Waals surface area contributed by atoms with Gasteiger partial charge in [-0.2, -0.15) is 0 Å². The van der Waals surface area contributed by atoms with Crippen LogP contribution in [0.5, 0.6) is 0 Å². The minimum absolute atomic E-state index is 0.375. The summed E-state index contributed by atoms with van der Waals surface area (Å²) in [6.07, 6.45) is 0. The second-order valence-corrected chi connectivity index (χ2v) is 2.94. The zero-order chi connectivity index (χ0) is 10.7. The van der Waals surface area contributed by atoms with Gasteiger partial charge in [0.1, 0.15) is 11.9 Å². The Kier molecular flexibility index (Phi) is 3.16. The van der Waals surface area contributed by atoms with E-state index < -0.39 is 23.9 Å². The third kappa shape index (κ3) is 2.27. The average Bonchev–Trinajstić information content (AvgIpc) is 2.15. The Hall–Kier alpha value is -1.46. The molecule has 0 fully saturated rings. The van der Waals surface area contributed by atoms with Crippen LogP contribution < -0.4 is 11.5 Å². The molecule has 1 aromatic rings. The predicted octanol–water partition coefficient (Wildman–Crippen LogP) is 0.237. The Morgan fingerprint density at radius 3 is 2.57 bits per heavy atom. The van der Waals surface area contributed by atoms with Crippen LogP contribution >= 0.6 is 0 Å². The van der Waals surface area contributed by atoms with E-state index in [1.807, 2.05) is 0 Å². The van der Waals surface area contributed by atoms with Crippen molar-refractivity contribution in [3.63, 3.8) is 0 Å². The molecule has 2 atom stereocenters. The van der Waals surface area contributed by atoms with E-state index in [2.05, 4.69) is 0 Å². The highest BCUT2D eigenvalue weighted by atomic mass is 19.1. The summed E-state index contributed by atoms with van der Waals surface area (Å²) >= 11 is 0. The van der Waals surface area contributed by atoms with Crippen LogP contribution in [0.1, 0.15) is 11.6 Å². The van der Waals surface area contributed by atoms with Crippen molar-refractivity contribution in [3.05, 3.63) is 35.6 Å². The molecule has 0 saturated carbocycles. The van der Waals surface area contributed by atoms with Crippen molar-refractivity contribution in [3.8, 4) is 0 Å². The molecule has 5 heteroatoms. The molecule has 0 aliphatic heterocycles. The summed E-state index contributed by atoms with van der Waals surface area (Å²) < 4.78 is 12.7. The molecule has 76 valence electrons. The SMILES string of the molecule is NC(C(=O)O)C(N)c1cccc(F)c1. The van der Waals surface area contributed by atoms with Crippen LogP contribution in [0.15, 0.2) is 24.3 Å². The van der Waals surface area contributed by atoms with Crippen LogP contribution in [0.4, 0.5) is 4.39 Å². The van der Waals surface area contributed by atoms with Crippen molar-refractivity contribution in [2.75, 3.05) is 0 Å². The van der Waals surface area contributed by atoms with Gasteiger partial charge < -0.3 is 16.6 Å². The van der Waals surface area contributed by atoms with Gasteiger partial charge in [0.15, 0.2) is 0 Å². The molecule has 0 radical (unpaired) electrons. The molecule has 0 spiro atoms. The highest BCUT2D eigenvalue weighted by Gasteiger charge is 2.22. The summed E-state index contributed by atoms with van der Waals surface area (Å²) in [6, 6.07) is 3.30. The number of carboxylic acid groups (broad SMARTS) is 1. The first kappa shape index (κ1) is 10.6. The molecule has 0 bridgehead atoms. The molecule has 0 aliphatic rings. The van der Waals surface area contributed by atoms with Crippen LogP contribution in [-0.2, 0) is 4.79 Å². The number of hydrogen-bond donors (Lipinski definition) is 3. The number of rotatable bonds is 3. The fraction of sp³-hybridized carbons (Fsp3) is 0.222. The lowest BCUT2D eigenvalue weighted by Crippen LogP contribution is -2.40. The topological polar surface area (TPSA) is 89.3 Å². The van der Waals surface area contributed by atoms with Gasteiger partial charge in [0.2, 0.25) is 0 Å². The maximum atomic E-state index is 12.7. The van der Waals surface area contributed by atoms with Crippen molar-refractivity contribution in [1.82, 2.24) is 0 Å². The maximum Gasteiger partial charge on any atom is 0.322 e. The van der Waals surface area contributed by atoms with E-state index in [1.165, 1.54) is 24.3 Å². The molecular weight excluding hydrogens is 187 g/mol. The fourth-order valence-corrected chi connectivity index (χ4v) is 1.07. The van der Waals surface area contributed by atoms with Crippen LogP contribution in [0.25, 0.3) is 0 Å². The van der Waals surface area contributed by atoms with E-state index in [9.17, 15) is 9.18 Å². The fourth-order valence-electron chi connectivity index (χ4n) is 1.07. The summed E-state index contributed by atoms with van der Waals surface area (Å²) in [6.45, 7) is 0. The van der Waals surface area contributed by atoms with Gasteiger partial charge in [0.25, 0.3) is 0 Å². The number of nitrogens with two attached hydrogens (primary N) is 2. The van der Waals surface area contributed by atoms with Crippen LogP contribution in [-0.4, -0.2) is 17.1 Å². The van der Waals surface area contributed by atoms with Crippen LogP contribution in [0.3, 0.4) is 0 Å². The Balaban J connectivity index is 2.89. The number of hydrogen-bond acceptors (Lipinski definition) is 3. The van der Waals surface area contributed by atoms with E-state index in [0.29, 0.717) is 5.56 Å². The Bertz CT molecular complexity index is 343. The first-order chi connectivity index (χ1) is 6.52. The lowest BCUT2D eigenvalue weighted by Gasteiger charge is -2.15. The molecular formula is C9H11FN2O2. The molecule has 0 aromatic heterocycles. The second kappa shape index (κ2) is 4.17. The van der Waals surface area contributed by atoms with Gasteiger partial charge in [0, 0.05) is 0 Å². The molecule has 4 nitrogen and oxygen atoms in total. The highest BCUT2D eigenvalue weighted by molar-refractivity contribution is 5.74. The summed E-state index contributed by atoms with van der Waals surface area (Å²) in [5, 5.41) is 8.58.